The first kappa shape index (κ1) is 26.6. The van der Waals surface area contributed by atoms with Crippen LogP contribution in [0.15, 0.2) is 36.4 Å². The van der Waals surface area contributed by atoms with Gasteiger partial charge < -0.3 is 18.4 Å². The monoisotopic (exact) mass is 507 g/mol. The van der Waals surface area contributed by atoms with Crippen LogP contribution in [0.4, 0.5) is 17.1 Å². The van der Waals surface area contributed by atoms with Crippen LogP contribution in [0.3, 0.4) is 0 Å². The minimum Gasteiger partial charge on any atom is -0.505 e. The first-order valence-electron chi connectivity index (χ1n) is 12.0. The van der Waals surface area contributed by atoms with Crippen LogP contribution in [0.1, 0.15) is 53.5 Å². The summed E-state index contributed by atoms with van der Waals surface area (Å²) >= 11 is 6.28. The first-order valence-corrected chi connectivity index (χ1v) is 14.3. The van der Waals surface area contributed by atoms with Gasteiger partial charge in [-0.15, -0.1) is 0 Å². The fourth-order valence-corrected chi connectivity index (χ4v) is 7.04. The Kier molecular flexibility index (Phi) is 8.75. The molecule has 0 saturated heterocycles. The second kappa shape index (κ2) is 11.2. The third-order valence-electron chi connectivity index (χ3n) is 5.70. The Morgan fingerprint density at radius 2 is 1.62 bits per heavy atom. The zero-order chi connectivity index (χ0) is 24.9. The van der Waals surface area contributed by atoms with Crippen molar-refractivity contribution in [2.45, 2.75) is 59.4 Å². The Labute approximate surface area is 209 Å². The van der Waals surface area contributed by atoms with Crippen LogP contribution in [0.5, 0.6) is 5.75 Å². The van der Waals surface area contributed by atoms with Gasteiger partial charge in [0.1, 0.15) is 11.4 Å². The highest BCUT2D eigenvalue weighted by Gasteiger charge is 2.40. The van der Waals surface area contributed by atoms with Crippen LogP contribution in [0.25, 0.3) is 0 Å². The number of phenols is 1. The molecule has 0 spiro atoms. The fraction of sp³-hybridized carbons (Fsp3) is 0.520. The predicted molar refractivity (Wildman–Crippen MR) is 142 cm³/mol. The van der Waals surface area contributed by atoms with Gasteiger partial charge in [-0.2, -0.15) is 5.12 Å². The van der Waals surface area contributed by atoms with Gasteiger partial charge in [0.15, 0.2) is 0 Å². The minimum absolute atomic E-state index is 0.196. The molecule has 9 heteroatoms. The Balaban J connectivity index is 1.90. The number of benzene rings is 2. The molecule has 0 unspecified atom stereocenters. The van der Waals surface area contributed by atoms with E-state index in [1.54, 1.807) is 0 Å². The molecule has 3 rings (SSSR count). The molecular formula is C25H38ClN3O4Si. The van der Waals surface area contributed by atoms with E-state index in [9.17, 15) is 5.11 Å². The number of halogens is 1. The SMILES string of the molecule is CCO[Si](CCCN1c2ccc(Cl)cc2NN1c1cccc(C(C)(C)C)c1O)(OCC)OCC. The number of nitrogens with one attached hydrogen (secondary N) is 1. The van der Waals surface area contributed by atoms with Gasteiger partial charge in [0.25, 0.3) is 0 Å². The zero-order valence-electron chi connectivity index (χ0n) is 21.2. The van der Waals surface area contributed by atoms with Gasteiger partial charge >= 0.3 is 8.80 Å². The number of nitrogens with zero attached hydrogens (tertiary/aromatic N) is 2. The molecule has 0 saturated carbocycles. The predicted octanol–water partition coefficient (Wildman–Crippen LogP) is 6.35. The summed E-state index contributed by atoms with van der Waals surface area (Å²) in [5.74, 6) is 0.257. The van der Waals surface area contributed by atoms with Crippen molar-refractivity contribution in [2.24, 2.45) is 0 Å². The van der Waals surface area contributed by atoms with E-state index in [0.29, 0.717) is 43.1 Å². The average Bonchev–Trinajstić information content (AvgIpc) is 3.11. The van der Waals surface area contributed by atoms with E-state index in [1.165, 1.54) is 0 Å². The fourth-order valence-electron chi connectivity index (χ4n) is 4.27. The van der Waals surface area contributed by atoms with E-state index in [-0.39, 0.29) is 11.2 Å². The van der Waals surface area contributed by atoms with E-state index >= 15 is 0 Å². The highest BCUT2D eigenvalue weighted by Crippen LogP contribution is 2.44. The Morgan fingerprint density at radius 1 is 0.971 bits per heavy atom. The number of hydrogen-bond acceptors (Lipinski definition) is 7. The number of hydrogen-bond donors (Lipinski definition) is 2. The standard InChI is InChI=1S/C25H38ClN3O4Si/c1-7-31-34(32-8-2,33-9-3)17-11-16-28-22-15-14-19(26)18-21(22)27-29(28)23-13-10-12-20(24(23)30)25(4,5)6/h10,12-15,18,27,30H,7-9,11,16-17H2,1-6H3. The summed E-state index contributed by atoms with van der Waals surface area (Å²) in [5, 5.41) is 15.9. The summed E-state index contributed by atoms with van der Waals surface area (Å²) in [4.78, 5) is 0. The molecule has 0 radical (unpaired) electrons. The van der Waals surface area contributed by atoms with Gasteiger partial charge in [0.05, 0.1) is 11.4 Å². The van der Waals surface area contributed by atoms with Crippen molar-refractivity contribution >= 4 is 37.5 Å². The quantitative estimate of drug-likeness (QED) is 0.343. The maximum Gasteiger partial charge on any atom is 0.500 e. The highest BCUT2D eigenvalue weighted by atomic mass is 35.5. The summed E-state index contributed by atoms with van der Waals surface area (Å²) < 4.78 is 18.1. The summed E-state index contributed by atoms with van der Waals surface area (Å²) in [6.07, 6.45) is 0.784. The summed E-state index contributed by atoms with van der Waals surface area (Å²) in [7, 11) is -2.75. The number of rotatable bonds is 11. The van der Waals surface area contributed by atoms with Crippen molar-refractivity contribution in [3.8, 4) is 5.75 Å². The number of hydrazine groups is 2. The van der Waals surface area contributed by atoms with E-state index in [4.69, 9.17) is 24.9 Å². The van der Waals surface area contributed by atoms with Crippen molar-refractivity contribution in [3.05, 3.63) is 47.0 Å². The summed E-state index contributed by atoms with van der Waals surface area (Å²) in [6.45, 7) is 14.5. The topological polar surface area (TPSA) is 66.4 Å². The van der Waals surface area contributed by atoms with Gasteiger partial charge in [-0.1, -0.05) is 44.5 Å². The maximum absolute atomic E-state index is 11.2. The highest BCUT2D eigenvalue weighted by molar-refractivity contribution is 6.60. The Hall–Kier alpha value is -1.97. The minimum atomic E-state index is -2.75. The van der Waals surface area contributed by atoms with Crippen LogP contribution in [-0.4, -0.2) is 40.3 Å². The van der Waals surface area contributed by atoms with Crippen molar-refractivity contribution in [1.29, 1.82) is 0 Å². The molecule has 1 aliphatic rings. The Bertz CT molecular complexity index is 953. The molecule has 0 atom stereocenters. The van der Waals surface area contributed by atoms with E-state index < -0.39 is 8.80 Å². The molecule has 34 heavy (non-hydrogen) atoms. The van der Waals surface area contributed by atoms with E-state index in [0.717, 1.165) is 23.4 Å². The number of para-hydroxylation sites is 1. The molecule has 0 aromatic heterocycles. The molecule has 2 N–H and O–H groups in total. The van der Waals surface area contributed by atoms with Gasteiger partial charge in [-0.05, 0) is 56.9 Å². The number of aromatic hydroxyl groups is 1. The largest absolute Gasteiger partial charge is 0.505 e. The molecule has 2 aromatic rings. The van der Waals surface area contributed by atoms with Crippen molar-refractivity contribution in [2.75, 3.05) is 41.9 Å². The normalized spacial score (nSPS) is 13.9. The van der Waals surface area contributed by atoms with Gasteiger partial charge in [-0.3, -0.25) is 10.4 Å². The van der Waals surface area contributed by atoms with Crippen LogP contribution in [-0.2, 0) is 18.7 Å². The number of anilines is 3. The Morgan fingerprint density at radius 3 is 2.21 bits per heavy atom. The molecule has 1 aliphatic heterocycles. The third-order valence-corrected chi connectivity index (χ3v) is 9.09. The molecule has 0 amide bonds. The lowest BCUT2D eigenvalue weighted by Gasteiger charge is -2.34. The van der Waals surface area contributed by atoms with Crippen LogP contribution >= 0.6 is 11.6 Å². The first-order chi connectivity index (χ1) is 16.2. The van der Waals surface area contributed by atoms with Crippen molar-refractivity contribution in [3.63, 3.8) is 0 Å². The van der Waals surface area contributed by atoms with Crippen molar-refractivity contribution in [1.82, 2.24) is 0 Å². The molecule has 0 bridgehead atoms. The van der Waals surface area contributed by atoms with Gasteiger partial charge in [0.2, 0.25) is 0 Å². The van der Waals surface area contributed by atoms with Crippen LogP contribution < -0.4 is 15.6 Å². The molecule has 0 fully saturated rings. The van der Waals surface area contributed by atoms with Crippen molar-refractivity contribution < 1.29 is 18.4 Å². The van der Waals surface area contributed by atoms with E-state index in [1.807, 2.05) is 62.3 Å². The second-order valence-corrected chi connectivity index (χ2v) is 12.4. The third kappa shape index (κ3) is 5.80. The van der Waals surface area contributed by atoms with Crippen LogP contribution in [0, 0.1) is 0 Å². The molecule has 2 aromatic carbocycles. The summed E-state index contributed by atoms with van der Waals surface area (Å²) in [5.41, 5.74) is 6.66. The second-order valence-electron chi connectivity index (χ2n) is 9.22. The molecule has 188 valence electrons. The molecule has 7 nitrogen and oxygen atoms in total. The lowest BCUT2D eigenvalue weighted by atomic mass is 9.86. The number of fused-ring (bicyclic) bond motifs is 1. The summed E-state index contributed by atoms with van der Waals surface area (Å²) in [6, 6.07) is 12.3. The lowest BCUT2D eigenvalue weighted by Crippen LogP contribution is -2.47. The zero-order valence-corrected chi connectivity index (χ0v) is 22.9. The molecule has 1 heterocycles. The van der Waals surface area contributed by atoms with E-state index in [2.05, 4.69) is 31.2 Å². The maximum atomic E-state index is 11.2. The molecular weight excluding hydrogens is 470 g/mol. The van der Waals surface area contributed by atoms with Crippen LogP contribution in [0.2, 0.25) is 11.1 Å². The van der Waals surface area contributed by atoms with Gasteiger partial charge in [0, 0.05) is 43.0 Å². The smallest absolute Gasteiger partial charge is 0.500 e. The average molecular weight is 508 g/mol. The lowest BCUT2D eigenvalue weighted by molar-refractivity contribution is 0.0709. The van der Waals surface area contributed by atoms with Gasteiger partial charge in [-0.25, -0.2) is 0 Å². The number of phenolic OH excluding ortho intramolecular Hbond substituents is 1. The molecule has 0 aliphatic carbocycles.